The first-order valence-corrected chi connectivity index (χ1v) is 19.4. The van der Waals surface area contributed by atoms with Crippen LogP contribution in [0.4, 0.5) is 10.8 Å². The van der Waals surface area contributed by atoms with Crippen molar-refractivity contribution in [3.05, 3.63) is 197 Å². The van der Waals surface area contributed by atoms with Gasteiger partial charge in [-0.1, -0.05) is 133 Å². The first-order chi connectivity index (χ1) is 26.9. The predicted molar refractivity (Wildman–Crippen MR) is 225 cm³/mol. The van der Waals surface area contributed by atoms with Crippen LogP contribution in [0.5, 0.6) is 0 Å². The number of nitrogens with zero attached hydrogens (tertiary/aromatic N) is 1. The van der Waals surface area contributed by atoms with Crippen molar-refractivity contribution < 1.29 is 14.4 Å². The molecule has 0 fully saturated rings. The highest BCUT2D eigenvalue weighted by atomic mass is 35.5. The lowest BCUT2D eigenvalue weighted by atomic mass is 10.0. The summed E-state index contributed by atoms with van der Waals surface area (Å²) in [5, 5.41) is 11.1. The van der Waals surface area contributed by atoms with E-state index in [1.807, 2.05) is 121 Å². The van der Waals surface area contributed by atoms with Gasteiger partial charge in [0.25, 0.3) is 11.8 Å². The van der Waals surface area contributed by atoms with Gasteiger partial charge in [0.15, 0.2) is 5.13 Å². The molecule has 1 unspecified atom stereocenters. The molecule has 6 aromatic carbocycles. The van der Waals surface area contributed by atoms with Gasteiger partial charge in [-0.25, -0.2) is 4.98 Å². The van der Waals surface area contributed by atoms with E-state index in [9.17, 15) is 14.4 Å². The normalized spacial score (nSPS) is 11.7. The number of thioether (sulfide) groups is 1. The molecule has 0 saturated carbocycles. The second-order valence-corrected chi connectivity index (χ2v) is 14.8. The summed E-state index contributed by atoms with van der Waals surface area (Å²) in [5.74, 6) is -1.16. The highest BCUT2D eigenvalue weighted by molar-refractivity contribution is 8.00. The molecule has 0 aliphatic rings. The van der Waals surface area contributed by atoms with E-state index < -0.39 is 17.1 Å². The van der Waals surface area contributed by atoms with Crippen molar-refractivity contribution in [3.8, 4) is 22.4 Å². The number of hydrogen-bond acceptors (Lipinski definition) is 6. The van der Waals surface area contributed by atoms with Crippen LogP contribution in [0.3, 0.4) is 0 Å². The number of anilines is 2. The third-order valence-electron chi connectivity index (χ3n) is 8.42. The molecule has 0 aliphatic carbocycles. The summed E-state index contributed by atoms with van der Waals surface area (Å²) in [4.78, 5) is 46.4. The Kier molecular flexibility index (Phi) is 11.9. The van der Waals surface area contributed by atoms with E-state index in [0.29, 0.717) is 21.4 Å². The Morgan fingerprint density at radius 3 is 2.02 bits per heavy atom. The average molecular weight is 777 g/mol. The van der Waals surface area contributed by atoms with E-state index in [1.165, 1.54) is 23.1 Å². The number of carbonyl (C=O) groups excluding carboxylic acids is 3. The fourth-order valence-electron chi connectivity index (χ4n) is 5.65. The smallest absolute Gasteiger partial charge is 0.272 e. The van der Waals surface area contributed by atoms with Crippen molar-refractivity contribution in [2.45, 2.75) is 10.1 Å². The van der Waals surface area contributed by atoms with Gasteiger partial charge in [0, 0.05) is 32.1 Å². The van der Waals surface area contributed by atoms with Gasteiger partial charge in [-0.05, 0) is 70.8 Å². The molecule has 3 amide bonds. The molecule has 0 spiro atoms. The van der Waals surface area contributed by atoms with Gasteiger partial charge < -0.3 is 16.0 Å². The Bertz CT molecular complexity index is 2440. The molecule has 7 nitrogen and oxygen atoms in total. The molecule has 0 bridgehead atoms. The van der Waals surface area contributed by atoms with Crippen molar-refractivity contribution in [3.63, 3.8) is 0 Å². The van der Waals surface area contributed by atoms with E-state index in [1.54, 1.807) is 54.6 Å². The molecule has 1 heterocycles. The van der Waals surface area contributed by atoms with Gasteiger partial charge >= 0.3 is 0 Å². The van der Waals surface area contributed by atoms with Gasteiger partial charge in [-0.3, -0.25) is 14.4 Å². The van der Waals surface area contributed by atoms with Gasteiger partial charge in [-0.15, -0.1) is 23.1 Å². The molecule has 0 aliphatic heterocycles. The summed E-state index contributed by atoms with van der Waals surface area (Å²) in [6.45, 7) is 0. The number of thiazole rings is 1. The first-order valence-electron chi connectivity index (χ1n) is 17.3. The van der Waals surface area contributed by atoms with Crippen LogP contribution in [-0.2, 0) is 9.59 Å². The van der Waals surface area contributed by atoms with Crippen molar-refractivity contribution in [2.75, 3.05) is 10.6 Å². The van der Waals surface area contributed by atoms with E-state index >= 15 is 0 Å². The number of rotatable bonds is 12. The van der Waals surface area contributed by atoms with E-state index in [-0.39, 0.29) is 11.6 Å². The maximum absolute atomic E-state index is 13.9. The zero-order valence-electron chi connectivity index (χ0n) is 29.2. The minimum absolute atomic E-state index is 0.0716. The molecule has 3 N–H and O–H groups in total. The summed E-state index contributed by atoms with van der Waals surface area (Å²) in [6.07, 6.45) is 1.65. The van der Waals surface area contributed by atoms with Crippen LogP contribution in [0.25, 0.3) is 28.5 Å². The Balaban J connectivity index is 1.10. The number of nitrogens with one attached hydrogen (secondary N) is 3. The van der Waals surface area contributed by atoms with Crippen LogP contribution in [0.2, 0.25) is 5.02 Å². The van der Waals surface area contributed by atoms with Crippen molar-refractivity contribution in [2.24, 2.45) is 0 Å². The lowest BCUT2D eigenvalue weighted by Crippen LogP contribution is -2.30. The topological polar surface area (TPSA) is 100 Å². The standard InChI is InChI=1S/C45H33ClN4O3S2/c46-36-25-23-33(24-26-36)40-29-54-45(49-40)50-44(53)41(34-13-6-2-7-14-34)55-38-18-10-17-37(28-38)47-43(52)39(48-42(51)35-15-8-3-9-16-35)27-30-19-21-32(22-20-30)31-11-4-1-5-12-31/h1-29,41H,(H,47,52)(H,48,51)(H,49,50,53)/b39-27+. The van der Waals surface area contributed by atoms with Crippen LogP contribution in [0.15, 0.2) is 180 Å². The number of benzene rings is 6. The highest BCUT2D eigenvalue weighted by Gasteiger charge is 2.24. The predicted octanol–water partition coefficient (Wildman–Crippen LogP) is 11.0. The second-order valence-electron chi connectivity index (χ2n) is 12.3. The number of hydrogen-bond donors (Lipinski definition) is 3. The van der Waals surface area contributed by atoms with E-state index in [0.717, 1.165) is 38.4 Å². The lowest BCUT2D eigenvalue weighted by Gasteiger charge is -2.17. The third kappa shape index (κ3) is 9.84. The van der Waals surface area contributed by atoms with E-state index in [2.05, 4.69) is 20.9 Å². The zero-order valence-corrected chi connectivity index (χ0v) is 31.6. The summed E-state index contributed by atoms with van der Waals surface area (Å²) in [6, 6.07) is 50.6. The maximum Gasteiger partial charge on any atom is 0.272 e. The fourth-order valence-corrected chi connectivity index (χ4v) is 7.58. The van der Waals surface area contributed by atoms with Gasteiger partial charge in [-0.2, -0.15) is 0 Å². The molecule has 1 aromatic heterocycles. The molecule has 7 aromatic rings. The maximum atomic E-state index is 13.9. The van der Waals surface area contributed by atoms with Crippen molar-refractivity contribution >= 4 is 69.3 Å². The van der Waals surface area contributed by atoms with Crippen LogP contribution in [0.1, 0.15) is 26.7 Å². The SMILES string of the molecule is O=C(Nc1cccc(SC(C(=O)Nc2nc(-c3ccc(Cl)cc3)cs2)c2ccccc2)c1)/C(=C\c1ccc(-c2ccccc2)cc1)NC(=O)c1ccccc1. The monoisotopic (exact) mass is 776 g/mol. The van der Waals surface area contributed by atoms with Crippen LogP contribution < -0.4 is 16.0 Å². The molecule has 1 atom stereocenters. The summed E-state index contributed by atoms with van der Waals surface area (Å²) >= 11 is 8.75. The molecule has 270 valence electrons. The minimum Gasteiger partial charge on any atom is -0.321 e. The zero-order chi connectivity index (χ0) is 38.0. The second kappa shape index (κ2) is 17.7. The minimum atomic E-state index is -0.630. The number of amides is 3. The highest BCUT2D eigenvalue weighted by Crippen LogP contribution is 2.38. The number of halogens is 1. The van der Waals surface area contributed by atoms with Crippen LogP contribution in [-0.4, -0.2) is 22.7 Å². The summed E-state index contributed by atoms with van der Waals surface area (Å²) < 4.78 is 0. The van der Waals surface area contributed by atoms with Gasteiger partial charge in [0.1, 0.15) is 10.9 Å². The Morgan fingerprint density at radius 2 is 1.31 bits per heavy atom. The van der Waals surface area contributed by atoms with E-state index in [4.69, 9.17) is 11.6 Å². The number of carbonyl (C=O) groups is 3. The summed E-state index contributed by atoms with van der Waals surface area (Å²) in [5.41, 5.74) is 6.27. The molecule has 55 heavy (non-hydrogen) atoms. The molecule has 0 radical (unpaired) electrons. The summed E-state index contributed by atoms with van der Waals surface area (Å²) in [7, 11) is 0. The van der Waals surface area contributed by atoms with Crippen molar-refractivity contribution in [1.82, 2.24) is 10.3 Å². The molecule has 0 saturated heterocycles. The largest absolute Gasteiger partial charge is 0.321 e. The van der Waals surface area contributed by atoms with Gasteiger partial charge in [0.2, 0.25) is 5.91 Å². The Morgan fingerprint density at radius 1 is 0.673 bits per heavy atom. The molecular weight excluding hydrogens is 744 g/mol. The third-order valence-corrected chi connectivity index (χ3v) is 10.7. The Hall–Kier alpha value is -6.26. The fraction of sp³-hybridized carbons (Fsp3) is 0.0222. The number of aromatic nitrogens is 1. The average Bonchev–Trinajstić information content (AvgIpc) is 3.69. The molecular formula is C45H33ClN4O3S2. The molecule has 10 heteroatoms. The van der Waals surface area contributed by atoms with Gasteiger partial charge in [0.05, 0.1) is 5.69 Å². The molecule has 7 rings (SSSR count). The van der Waals surface area contributed by atoms with Crippen LogP contribution in [0, 0.1) is 0 Å². The quantitative estimate of drug-likeness (QED) is 0.0847. The first kappa shape index (κ1) is 37.1. The lowest BCUT2D eigenvalue weighted by molar-refractivity contribution is -0.116. The Labute approximate surface area is 332 Å². The van der Waals surface area contributed by atoms with Crippen molar-refractivity contribution in [1.29, 1.82) is 0 Å². The van der Waals surface area contributed by atoms with Crippen LogP contribution >= 0.6 is 34.7 Å².